The molecule has 21 heavy (non-hydrogen) atoms. The summed E-state index contributed by atoms with van der Waals surface area (Å²) in [5.41, 5.74) is -0.220. The van der Waals surface area contributed by atoms with Crippen LogP contribution in [0.2, 0.25) is 0 Å². The molecule has 0 heterocycles. The van der Waals surface area contributed by atoms with Crippen molar-refractivity contribution in [3.8, 4) is 5.75 Å². The number of hydrogen-bond acceptors (Lipinski definition) is 3. The topological polar surface area (TPSA) is 58.6 Å². The van der Waals surface area contributed by atoms with Gasteiger partial charge in [0.15, 0.2) is 0 Å². The summed E-state index contributed by atoms with van der Waals surface area (Å²) in [5, 5.41) is 12.5. The van der Waals surface area contributed by atoms with Gasteiger partial charge in [0.1, 0.15) is 5.75 Å². The van der Waals surface area contributed by atoms with E-state index in [1.165, 1.54) is 12.1 Å². The molecule has 0 spiro atoms. The molecule has 0 aromatic heterocycles. The molecule has 0 aliphatic heterocycles. The molecule has 1 amide bonds. The minimum atomic E-state index is -4.73. The van der Waals surface area contributed by atoms with Crippen molar-refractivity contribution in [1.29, 1.82) is 0 Å². The van der Waals surface area contributed by atoms with E-state index in [4.69, 9.17) is 0 Å². The normalized spacial score (nSPS) is 17.0. The quantitative estimate of drug-likeness (QED) is 0.876. The number of ether oxygens (including phenoxy) is 1. The van der Waals surface area contributed by atoms with E-state index < -0.39 is 12.0 Å². The maximum atomic E-state index is 12.0. The van der Waals surface area contributed by atoms with E-state index in [0.29, 0.717) is 18.4 Å². The first-order valence-electron chi connectivity index (χ1n) is 6.60. The first-order valence-corrected chi connectivity index (χ1v) is 6.60. The average Bonchev–Trinajstić information content (AvgIpc) is 2.35. The summed E-state index contributed by atoms with van der Waals surface area (Å²) >= 11 is 0. The van der Waals surface area contributed by atoms with Crippen molar-refractivity contribution in [2.24, 2.45) is 0 Å². The molecular formula is C14H16F3NO3. The number of amides is 1. The van der Waals surface area contributed by atoms with Crippen LogP contribution in [0, 0.1) is 0 Å². The Bertz CT molecular complexity index is 495. The molecule has 0 radical (unpaired) electrons. The molecule has 0 atom stereocenters. The molecule has 1 aliphatic rings. The highest BCUT2D eigenvalue weighted by molar-refractivity contribution is 5.78. The van der Waals surface area contributed by atoms with Crippen molar-refractivity contribution in [3.05, 3.63) is 29.8 Å². The number of benzene rings is 1. The second kappa shape index (κ2) is 5.93. The number of halogens is 3. The van der Waals surface area contributed by atoms with Gasteiger partial charge >= 0.3 is 6.36 Å². The predicted molar refractivity (Wildman–Crippen MR) is 68.6 cm³/mol. The molecule has 2 rings (SSSR count). The van der Waals surface area contributed by atoms with Crippen molar-refractivity contribution in [3.63, 3.8) is 0 Å². The largest absolute Gasteiger partial charge is 0.573 e. The predicted octanol–water partition coefficient (Wildman–Crippen LogP) is 2.16. The standard InChI is InChI=1S/C14H16F3NO3/c15-14(16,17)21-11-4-2-10(3-5-11)8-12(19)18-9-13(20)6-1-7-13/h2-5,20H,1,6-9H2,(H,18,19). The summed E-state index contributed by atoms with van der Waals surface area (Å²) in [7, 11) is 0. The third-order valence-electron chi connectivity index (χ3n) is 3.42. The van der Waals surface area contributed by atoms with E-state index in [9.17, 15) is 23.1 Å². The highest BCUT2D eigenvalue weighted by atomic mass is 19.4. The van der Waals surface area contributed by atoms with Crippen LogP contribution >= 0.6 is 0 Å². The Kier molecular flexibility index (Phi) is 4.41. The van der Waals surface area contributed by atoms with E-state index in [0.717, 1.165) is 18.6 Å². The maximum absolute atomic E-state index is 12.0. The second-order valence-electron chi connectivity index (χ2n) is 5.22. The zero-order valence-electron chi connectivity index (χ0n) is 11.2. The lowest BCUT2D eigenvalue weighted by Crippen LogP contribution is -2.48. The van der Waals surface area contributed by atoms with Gasteiger partial charge in [0.25, 0.3) is 0 Å². The van der Waals surface area contributed by atoms with Crippen LogP contribution in [0.3, 0.4) is 0 Å². The van der Waals surface area contributed by atoms with Gasteiger partial charge in [0.05, 0.1) is 12.0 Å². The molecule has 7 heteroatoms. The minimum Gasteiger partial charge on any atom is -0.406 e. The number of alkyl halides is 3. The number of carbonyl (C=O) groups is 1. The van der Waals surface area contributed by atoms with E-state index in [1.807, 2.05) is 0 Å². The number of aliphatic hydroxyl groups is 1. The Labute approximate surface area is 119 Å². The summed E-state index contributed by atoms with van der Waals surface area (Å²) in [6.45, 7) is 0.209. The maximum Gasteiger partial charge on any atom is 0.573 e. The van der Waals surface area contributed by atoms with Gasteiger partial charge in [-0.25, -0.2) is 0 Å². The van der Waals surface area contributed by atoms with Crippen molar-refractivity contribution in [2.45, 2.75) is 37.6 Å². The van der Waals surface area contributed by atoms with Crippen LogP contribution in [0.5, 0.6) is 5.75 Å². The number of hydrogen-bond donors (Lipinski definition) is 2. The lowest BCUT2D eigenvalue weighted by Gasteiger charge is -2.36. The molecule has 0 saturated heterocycles. The minimum absolute atomic E-state index is 0.0440. The number of rotatable bonds is 5. The SMILES string of the molecule is O=C(Cc1ccc(OC(F)(F)F)cc1)NCC1(O)CCC1. The molecule has 116 valence electrons. The first kappa shape index (κ1) is 15.6. The lowest BCUT2D eigenvalue weighted by atomic mass is 9.80. The summed E-state index contributed by atoms with van der Waals surface area (Å²) < 4.78 is 39.7. The Hall–Kier alpha value is -1.76. The van der Waals surface area contributed by atoms with Crippen LogP contribution in [0.1, 0.15) is 24.8 Å². The first-order chi connectivity index (χ1) is 9.76. The molecule has 1 fully saturated rings. The van der Waals surface area contributed by atoms with Crippen LogP contribution in [-0.4, -0.2) is 29.5 Å². The van der Waals surface area contributed by atoms with Crippen LogP contribution in [-0.2, 0) is 11.2 Å². The summed E-state index contributed by atoms with van der Waals surface area (Å²) in [4.78, 5) is 11.7. The monoisotopic (exact) mass is 303 g/mol. The van der Waals surface area contributed by atoms with E-state index in [1.54, 1.807) is 0 Å². The Morgan fingerprint density at radius 3 is 2.38 bits per heavy atom. The van der Waals surface area contributed by atoms with Gasteiger partial charge < -0.3 is 15.2 Å². The van der Waals surface area contributed by atoms with Crippen molar-refractivity contribution < 1.29 is 27.8 Å². The van der Waals surface area contributed by atoms with Crippen molar-refractivity contribution in [2.75, 3.05) is 6.54 Å². The van der Waals surface area contributed by atoms with E-state index >= 15 is 0 Å². The average molecular weight is 303 g/mol. The fourth-order valence-electron chi connectivity index (χ4n) is 2.08. The van der Waals surface area contributed by atoms with Crippen LogP contribution in [0.25, 0.3) is 0 Å². The fraction of sp³-hybridized carbons (Fsp3) is 0.500. The van der Waals surface area contributed by atoms with Gasteiger partial charge in [-0.05, 0) is 37.0 Å². The van der Waals surface area contributed by atoms with E-state index in [2.05, 4.69) is 10.1 Å². The Morgan fingerprint density at radius 1 is 1.29 bits per heavy atom. The molecule has 4 nitrogen and oxygen atoms in total. The third kappa shape index (κ3) is 4.93. The molecule has 1 aromatic rings. The number of carbonyl (C=O) groups excluding carboxylic acids is 1. The second-order valence-corrected chi connectivity index (χ2v) is 5.22. The molecule has 2 N–H and O–H groups in total. The zero-order chi connectivity index (χ0) is 15.5. The summed E-state index contributed by atoms with van der Waals surface area (Å²) in [6, 6.07) is 5.13. The van der Waals surface area contributed by atoms with Gasteiger partial charge in [0.2, 0.25) is 5.91 Å². The van der Waals surface area contributed by atoms with Gasteiger partial charge in [-0.15, -0.1) is 13.2 Å². The van der Waals surface area contributed by atoms with E-state index in [-0.39, 0.29) is 24.6 Å². The van der Waals surface area contributed by atoms with Crippen molar-refractivity contribution >= 4 is 5.91 Å². The molecule has 1 aromatic carbocycles. The van der Waals surface area contributed by atoms with Crippen LogP contribution < -0.4 is 10.1 Å². The highest BCUT2D eigenvalue weighted by Gasteiger charge is 2.34. The smallest absolute Gasteiger partial charge is 0.406 e. The molecular weight excluding hydrogens is 287 g/mol. The molecule has 0 bridgehead atoms. The molecule has 1 aliphatic carbocycles. The van der Waals surface area contributed by atoms with Gasteiger partial charge in [-0.2, -0.15) is 0 Å². The van der Waals surface area contributed by atoms with Gasteiger partial charge in [-0.3, -0.25) is 4.79 Å². The molecule has 0 unspecified atom stereocenters. The Morgan fingerprint density at radius 2 is 1.90 bits per heavy atom. The fourth-order valence-corrected chi connectivity index (χ4v) is 2.08. The lowest BCUT2D eigenvalue weighted by molar-refractivity contribution is -0.274. The van der Waals surface area contributed by atoms with Gasteiger partial charge in [0, 0.05) is 6.54 Å². The zero-order valence-corrected chi connectivity index (χ0v) is 11.2. The van der Waals surface area contributed by atoms with Gasteiger partial charge in [-0.1, -0.05) is 12.1 Å². The third-order valence-corrected chi connectivity index (χ3v) is 3.42. The summed E-state index contributed by atoms with van der Waals surface area (Å²) in [5.74, 6) is -0.602. The van der Waals surface area contributed by atoms with Crippen molar-refractivity contribution in [1.82, 2.24) is 5.32 Å². The van der Waals surface area contributed by atoms with Crippen LogP contribution in [0.15, 0.2) is 24.3 Å². The Balaban J connectivity index is 1.81. The number of nitrogens with one attached hydrogen (secondary N) is 1. The highest BCUT2D eigenvalue weighted by Crippen LogP contribution is 2.30. The van der Waals surface area contributed by atoms with Crippen LogP contribution in [0.4, 0.5) is 13.2 Å². The summed E-state index contributed by atoms with van der Waals surface area (Å²) in [6.07, 6.45) is -2.37. The molecule has 1 saturated carbocycles.